The van der Waals surface area contributed by atoms with Crippen molar-refractivity contribution < 1.29 is 10.0 Å². The predicted octanol–water partition coefficient (Wildman–Crippen LogP) is 2.58. The topological polar surface area (TPSA) is 49.3 Å². The summed E-state index contributed by atoms with van der Waals surface area (Å²) in [5.74, 6) is 0.657. The maximum atomic E-state index is 10.9. The van der Waals surface area contributed by atoms with E-state index in [-0.39, 0.29) is 11.7 Å². The van der Waals surface area contributed by atoms with Gasteiger partial charge in [0.2, 0.25) is 0 Å². The number of rotatable bonds is 4. The van der Waals surface area contributed by atoms with Crippen LogP contribution in [0.15, 0.2) is 42.5 Å². The van der Waals surface area contributed by atoms with Gasteiger partial charge in [0.25, 0.3) is 5.91 Å². The number of fused-ring (bicyclic) bond motifs is 1. The molecular formula is C13H13NO2S. The van der Waals surface area contributed by atoms with Crippen LogP contribution in [0.4, 0.5) is 0 Å². The van der Waals surface area contributed by atoms with Crippen LogP contribution in [0.2, 0.25) is 0 Å². The first kappa shape index (κ1) is 12.0. The Balaban J connectivity index is 2.11. The number of hydrogen-bond acceptors (Lipinski definition) is 3. The summed E-state index contributed by atoms with van der Waals surface area (Å²) >= 11 is 1.48. The molecule has 0 aromatic heterocycles. The third-order valence-corrected chi connectivity index (χ3v) is 3.48. The van der Waals surface area contributed by atoms with E-state index in [1.807, 2.05) is 18.2 Å². The van der Waals surface area contributed by atoms with E-state index in [4.69, 9.17) is 5.21 Å². The minimum atomic E-state index is -0.366. The number of carbonyl (C=O) groups excluding carboxylic acids is 1. The fraction of sp³-hybridized carbons (Fsp3) is 0.154. The second-order valence-electron chi connectivity index (χ2n) is 3.67. The van der Waals surface area contributed by atoms with Crippen LogP contribution < -0.4 is 5.48 Å². The molecule has 0 aliphatic carbocycles. The minimum Gasteiger partial charge on any atom is -0.289 e. The lowest BCUT2D eigenvalue weighted by Crippen LogP contribution is -2.20. The standard InChI is InChI=1S/C13H13NO2S/c15-13(14-16)9-17-8-11-6-3-5-10-4-1-2-7-12(10)11/h1-7,16H,8-9H2,(H,14,15). The van der Waals surface area contributed by atoms with Crippen LogP contribution in [0, 0.1) is 0 Å². The van der Waals surface area contributed by atoms with Crippen molar-refractivity contribution in [3.63, 3.8) is 0 Å². The van der Waals surface area contributed by atoms with E-state index in [2.05, 4.69) is 24.3 Å². The highest BCUT2D eigenvalue weighted by molar-refractivity contribution is 7.99. The summed E-state index contributed by atoms with van der Waals surface area (Å²) in [6.45, 7) is 0. The lowest BCUT2D eigenvalue weighted by atomic mass is 10.1. The lowest BCUT2D eigenvalue weighted by molar-refractivity contribution is -0.126. The average molecular weight is 247 g/mol. The number of carbonyl (C=O) groups is 1. The van der Waals surface area contributed by atoms with E-state index in [0.717, 1.165) is 5.75 Å². The first-order valence-electron chi connectivity index (χ1n) is 5.28. The van der Waals surface area contributed by atoms with Crippen LogP contribution >= 0.6 is 11.8 Å². The van der Waals surface area contributed by atoms with Crippen molar-refractivity contribution >= 4 is 28.4 Å². The molecule has 2 rings (SSSR count). The minimum absolute atomic E-state index is 0.264. The van der Waals surface area contributed by atoms with Gasteiger partial charge in [-0.25, -0.2) is 5.48 Å². The molecule has 0 saturated carbocycles. The van der Waals surface area contributed by atoms with E-state index in [0.29, 0.717) is 0 Å². The lowest BCUT2D eigenvalue weighted by Gasteiger charge is -2.05. The fourth-order valence-corrected chi connectivity index (χ4v) is 2.53. The van der Waals surface area contributed by atoms with Gasteiger partial charge < -0.3 is 0 Å². The summed E-state index contributed by atoms with van der Waals surface area (Å²) in [6.07, 6.45) is 0. The Morgan fingerprint density at radius 1 is 1.18 bits per heavy atom. The molecule has 0 bridgehead atoms. The van der Waals surface area contributed by atoms with Gasteiger partial charge in [0.1, 0.15) is 0 Å². The molecule has 0 aliphatic heterocycles. The van der Waals surface area contributed by atoms with Gasteiger partial charge in [-0.1, -0.05) is 42.5 Å². The summed E-state index contributed by atoms with van der Waals surface area (Å²) in [5, 5.41) is 10.8. The molecule has 2 aromatic rings. The SMILES string of the molecule is O=C(CSCc1cccc2ccccc12)NO. The van der Waals surface area contributed by atoms with E-state index in [1.165, 1.54) is 28.1 Å². The zero-order valence-electron chi connectivity index (χ0n) is 9.22. The van der Waals surface area contributed by atoms with Crippen LogP contribution in [0.3, 0.4) is 0 Å². The highest BCUT2D eigenvalue weighted by Gasteiger charge is 2.03. The van der Waals surface area contributed by atoms with Crippen LogP contribution in [0.25, 0.3) is 10.8 Å². The average Bonchev–Trinajstić information content (AvgIpc) is 2.39. The van der Waals surface area contributed by atoms with Crippen molar-refractivity contribution in [3.05, 3.63) is 48.0 Å². The first-order valence-corrected chi connectivity index (χ1v) is 6.44. The van der Waals surface area contributed by atoms with Crippen molar-refractivity contribution in [2.45, 2.75) is 5.75 Å². The predicted molar refractivity (Wildman–Crippen MR) is 70.0 cm³/mol. The molecule has 4 heteroatoms. The maximum absolute atomic E-state index is 10.9. The van der Waals surface area contributed by atoms with Crippen LogP contribution in [-0.2, 0) is 10.5 Å². The number of amides is 1. The number of hydroxylamine groups is 1. The Hall–Kier alpha value is -1.52. The number of thioether (sulfide) groups is 1. The molecule has 2 aromatic carbocycles. The third kappa shape index (κ3) is 2.99. The van der Waals surface area contributed by atoms with E-state index in [9.17, 15) is 4.79 Å². The fourth-order valence-electron chi connectivity index (χ4n) is 1.70. The van der Waals surface area contributed by atoms with Crippen molar-refractivity contribution in [2.75, 3.05) is 5.75 Å². The Kier molecular flexibility index (Phi) is 4.01. The third-order valence-electron chi connectivity index (χ3n) is 2.50. The summed E-state index contributed by atoms with van der Waals surface area (Å²) in [6, 6.07) is 14.3. The van der Waals surface area contributed by atoms with Gasteiger partial charge in [0, 0.05) is 5.75 Å². The summed E-state index contributed by atoms with van der Waals surface area (Å²) in [7, 11) is 0. The Labute approximate surface area is 104 Å². The molecule has 17 heavy (non-hydrogen) atoms. The van der Waals surface area contributed by atoms with Crippen LogP contribution in [0.5, 0.6) is 0 Å². The van der Waals surface area contributed by atoms with Crippen molar-refractivity contribution in [1.29, 1.82) is 0 Å². The van der Waals surface area contributed by atoms with Gasteiger partial charge >= 0.3 is 0 Å². The summed E-state index contributed by atoms with van der Waals surface area (Å²) < 4.78 is 0. The maximum Gasteiger partial charge on any atom is 0.253 e. The molecule has 3 nitrogen and oxygen atoms in total. The monoisotopic (exact) mass is 247 g/mol. The molecule has 0 saturated heterocycles. The molecule has 0 radical (unpaired) electrons. The van der Waals surface area contributed by atoms with E-state index >= 15 is 0 Å². The second-order valence-corrected chi connectivity index (χ2v) is 4.65. The highest BCUT2D eigenvalue weighted by Crippen LogP contribution is 2.22. The normalized spacial score (nSPS) is 10.4. The molecule has 0 spiro atoms. The zero-order valence-corrected chi connectivity index (χ0v) is 10.0. The zero-order chi connectivity index (χ0) is 12.1. The molecule has 0 aliphatic rings. The number of hydrogen-bond donors (Lipinski definition) is 2. The van der Waals surface area contributed by atoms with Crippen molar-refractivity contribution in [1.82, 2.24) is 5.48 Å². The first-order chi connectivity index (χ1) is 8.31. The Morgan fingerprint density at radius 3 is 2.76 bits per heavy atom. The van der Waals surface area contributed by atoms with Gasteiger partial charge in [-0.05, 0) is 16.3 Å². The van der Waals surface area contributed by atoms with Crippen molar-refractivity contribution in [2.24, 2.45) is 0 Å². The van der Waals surface area contributed by atoms with E-state index < -0.39 is 0 Å². The van der Waals surface area contributed by atoms with Gasteiger partial charge in [0.15, 0.2) is 0 Å². The van der Waals surface area contributed by atoms with Crippen LogP contribution in [0.1, 0.15) is 5.56 Å². The molecule has 0 unspecified atom stereocenters. The quantitative estimate of drug-likeness (QED) is 0.645. The number of benzene rings is 2. The smallest absolute Gasteiger partial charge is 0.253 e. The van der Waals surface area contributed by atoms with Gasteiger partial charge in [-0.15, -0.1) is 11.8 Å². The molecule has 0 fully saturated rings. The van der Waals surface area contributed by atoms with Crippen LogP contribution in [-0.4, -0.2) is 16.9 Å². The largest absolute Gasteiger partial charge is 0.289 e. The molecule has 0 atom stereocenters. The molecule has 1 amide bonds. The number of nitrogens with one attached hydrogen (secondary N) is 1. The van der Waals surface area contributed by atoms with Crippen molar-refractivity contribution in [3.8, 4) is 0 Å². The van der Waals surface area contributed by atoms with Gasteiger partial charge in [-0.3, -0.25) is 10.0 Å². The molecule has 2 N–H and O–H groups in total. The highest BCUT2D eigenvalue weighted by atomic mass is 32.2. The Bertz CT molecular complexity index is 522. The summed E-state index contributed by atoms with van der Waals surface area (Å²) in [5.41, 5.74) is 2.84. The second kappa shape index (κ2) is 5.70. The summed E-state index contributed by atoms with van der Waals surface area (Å²) in [4.78, 5) is 10.9. The van der Waals surface area contributed by atoms with Gasteiger partial charge in [-0.2, -0.15) is 0 Å². The molecular weight excluding hydrogens is 234 g/mol. The Morgan fingerprint density at radius 2 is 1.94 bits per heavy atom. The van der Waals surface area contributed by atoms with E-state index in [1.54, 1.807) is 5.48 Å². The molecule has 0 heterocycles. The van der Waals surface area contributed by atoms with Gasteiger partial charge in [0.05, 0.1) is 5.75 Å². The molecule has 88 valence electrons.